The number of nitrogens with zero attached hydrogens (tertiary/aromatic N) is 10. The van der Waals surface area contributed by atoms with Crippen LogP contribution in [0.4, 0.5) is 46.3 Å². The average Bonchev–Trinajstić information content (AvgIpc) is 3.24. The van der Waals surface area contributed by atoms with Crippen LogP contribution < -0.4 is 9.80 Å². The molecule has 0 atom stereocenters. The van der Waals surface area contributed by atoms with Crippen molar-refractivity contribution in [2.45, 2.75) is 0 Å². The van der Waals surface area contributed by atoms with Gasteiger partial charge in [-0.2, -0.15) is 10.5 Å². The van der Waals surface area contributed by atoms with Crippen molar-refractivity contribution in [3.8, 4) is 34.4 Å². The topological polar surface area (TPSA) is 114 Å². The Morgan fingerprint density at radius 2 is 0.778 bits per heavy atom. The van der Waals surface area contributed by atoms with Crippen molar-refractivity contribution in [2.24, 2.45) is 0 Å². The highest BCUT2D eigenvalue weighted by atomic mass is 15.4. The number of hydrogen-bond acceptors (Lipinski definition) is 8. The molecule has 0 saturated heterocycles. The molecule has 54 heavy (non-hydrogen) atoms. The van der Waals surface area contributed by atoms with Gasteiger partial charge in [-0.3, -0.25) is 9.80 Å². The molecule has 0 radical (unpaired) electrons. The van der Waals surface area contributed by atoms with Gasteiger partial charge in [-0.05, 0) is 80.2 Å². The fourth-order valence-electron chi connectivity index (χ4n) is 6.76. The van der Waals surface area contributed by atoms with E-state index in [2.05, 4.69) is 90.3 Å². The summed E-state index contributed by atoms with van der Waals surface area (Å²) in [6, 6.07) is 48.3. The molecular formula is C44H22N10. The molecule has 9 rings (SSSR count). The van der Waals surface area contributed by atoms with Crippen LogP contribution >= 0.6 is 0 Å². The Balaban J connectivity index is 1.21. The summed E-state index contributed by atoms with van der Waals surface area (Å²) in [5, 5.41) is 24.6. The molecule has 1 aliphatic heterocycles. The number of aromatic nitrogens is 4. The zero-order valence-corrected chi connectivity index (χ0v) is 28.2. The summed E-state index contributed by atoms with van der Waals surface area (Å²) >= 11 is 0. The molecule has 0 bridgehead atoms. The Morgan fingerprint density at radius 1 is 0.426 bits per heavy atom. The van der Waals surface area contributed by atoms with Crippen LogP contribution in [-0.4, -0.2) is 19.9 Å². The van der Waals surface area contributed by atoms with Crippen molar-refractivity contribution >= 4 is 67.8 Å². The minimum absolute atomic E-state index is 0.166. The van der Waals surface area contributed by atoms with Gasteiger partial charge < -0.3 is 9.69 Å². The van der Waals surface area contributed by atoms with E-state index in [1.165, 1.54) is 0 Å². The summed E-state index contributed by atoms with van der Waals surface area (Å²) in [4.78, 5) is 29.1. The summed E-state index contributed by atoms with van der Waals surface area (Å²) < 4.78 is 0. The molecule has 10 heteroatoms. The normalized spacial score (nSPS) is 11.6. The van der Waals surface area contributed by atoms with Crippen molar-refractivity contribution in [3.63, 3.8) is 0 Å². The van der Waals surface area contributed by atoms with Gasteiger partial charge in [-0.1, -0.05) is 110 Å². The minimum atomic E-state index is -0.182. The molecule has 10 nitrogen and oxygen atoms in total. The van der Waals surface area contributed by atoms with Crippen molar-refractivity contribution in [3.05, 3.63) is 168 Å². The molecule has 2 aromatic heterocycles. The first-order valence-electron chi connectivity index (χ1n) is 16.7. The van der Waals surface area contributed by atoms with E-state index in [9.17, 15) is 10.5 Å². The van der Waals surface area contributed by atoms with Crippen LogP contribution in [0.1, 0.15) is 11.4 Å². The molecule has 0 saturated carbocycles. The lowest BCUT2D eigenvalue weighted by molar-refractivity contribution is 0.983. The van der Waals surface area contributed by atoms with Crippen molar-refractivity contribution < 1.29 is 0 Å². The number of benzene rings is 6. The fourth-order valence-corrected chi connectivity index (χ4v) is 6.76. The highest BCUT2D eigenvalue weighted by Crippen LogP contribution is 2.53. The van der Waals surface area contributed by atoms with Gasteiger partial charge in [0.1, 0.15) is 12.1 Å². The lowest BCUT2D eigenvalue weighted by Crippen LogP contribution is -2.28. The van der Waals surface area contributed by atoms with E-state index in [1.54, 1.807) is 9.80 Å². The van der Waals surface area contributed by atoms with E-state index in [1.807, 2.05) is 84.9 Å². The number of anilines is 6. The Hall–Kier alpha value is -8.44. The average molecular weight is 691 g/mol. The Morgan fingerprint density at radius 3 is 1.15 bits per heavy atom. The maximum absolute atomic E-state index is 10.0. The SMILES string of the molecule is [C-]#[N+]c1nc2c(nc1[N+]#[C-])N(c1ccc(-c3ccc4ccccc4c3)cc1)c1nc(C#N)c(C#N)nc1N2c1ccc(-c2ccc3ccccc3c2)cc1. The van der Waals surface area contributed by atoms with Crippen LogP contribution in [0, 0.1) is 35.8 Å². The predicted octanol–water partition coefficient (Wildman–Crippen LogP) is 11.0. The van der Waals surface area contributed by atoms with Gasteiger partial charge in [0.25, 0.3) is 11.6 Å². The molecule has 8 aromatic rings. The number of hydrogen-bond donors (Lipinski definition) is 0. The quantitative estimate of drug-likeness (QED) is 0.168. The number of fused-ring (bicyclic) bond motifs is 4. The highest BCUT2D eigenvalue weighted by molar-refractivity contribution is 5.98. The molecule has 1 aliphatic rings. The number of nitriles is 2. The molecule has 0 unspecified atom stereocenters. The molecule has 3 heterocycles. The van der Waals surface area contributed by atoms with Crippen LogP contribution in [0.3, 0.4) is 0 Å². The second kappa shape index (κ2) is 12.7. The zero-order valence-electron chi connectivity index (χ0n) is 28.2. The van der Waals surface area contributed by atoms with Crippen molar-refractivity contribution in [2.75, 3.05) is 9.80 Å². The van der Waals surface area contributed by atoms with Crippen LogP contribution in [0.2, 0.25) is 0 Å². The Kier molecular flexibility index (Phi) is 7.42. The first-order chi connectivity index (χ1) is 26.6. The molecule has 0 spiro atoms. The molecule has 0 aliphatic carbocycles. The van der Waals surface area contributed by atoms with Gasteiger partial charge in [0.2, 0.25) is 0 Å². The molecule has 248 valence electrons. The molecule has 6 aromatic carbocycles. The van der Waals surface area contributed by atoms with Crippen LogP contribution in [0.15, 0.2) is 133 Å². The largest absolute Gasteiger partial charge is 0.370 e. The van der Waals surface area contributed by atoms with E-state index >= 15 is 0 Å². The Bertz CT molecular complexity index is 2710. The van der Waals surface area contributed by atoms with Gasteiger partial charge in [-0.25, -0.2) is 9.97 Å². The monoisotopic (exact) mass is 690 g/mol. The third kappa shape index (κ3) is 5.17. The summed E-state index contributed by atoms with van der Waals surface area (Å²) in [6.07, 6.45) is 0. The smallest absolute Gasteiger partial charge is 0.300 e. The fraction of sp³-hybridized carbons (Fsp3) is 0. The van der Waals surface area contributed by atoms with Gasteiger partial charge in [0, 0.05) is 0 Å². The van der Waals surface area contributed by atoms with Crippen LogP contribution in [0.5, 0.6) is 0 Å². The lowest BCUT2D eigenvalue weighted by atomic mass is 10.0. The van der Waals surface area contributed by atoms with E-state index in [0.717, 1.165) is 43.8 Å². The van der Waals surface area contributed by atoms with Crippen molar-refractivity contribution in [1.82, 2.24) is 19.9 Å². The van der Waals surface area contributed by atoms with Gasteiger partial charge >= 0.3 is 11.6 Å². The van der Waals surface area contributed by atoms with E-state index in [-0.39, 0.29) is 46.3 Å². The maximum atomic E-state index is 10.0. The third-order valence-electron chi connectivity index (χ3n) is 9.37. The summed E-state index contributed by atoms with van der Waals surface area (Å²) in [6.45, 7) is 15.7. The van der Waals surface area contributed by atoms with Crippen molar-refractivity contribution in [1.29, 1.82) is 10.5 Å². The van der Waals surface area contributed by atoms with Crippen LogP contribution in [-0.2, 0) is 0 Å². The summed E-state index contributed by atoms with van der Waals surface area (Å²) in [5.41, 5.74) is 4.85. The van der Waals surface area contributed by atoms with Gasteiger partial charge in [-0.15, -0.1) is 9.97 Å². The maximum Gasteiger partial charge on any atom is 0.300 e. The molecule has 0 N–H and O–H groups in total. The summed E-state index contributed by atoms with van der Waals surface area (Å²) in [7, 11) is 0. The highest BCUT2D eigenvalue weighted by Gasteiger charge is 2.42. The van der Waals surface area contributed by atoms with Crippen LogP contribution in [0.25, 0.3) is 53.5 Å². The molecule has 0 amide bonds. The van der Waals surface area contributed by atoms with E-state index < -0.39 is 0 Å². The second-order valence-electron chi connectivity index (χ2n) is 12.4. The minimum Gasteiger partial charge on any atom is -0.370 e. The molecule has 0 fully saturated rings. The van der Waals surface area contributed by atoms with Gasteiger partial charge in [0.05, 0.1) is 11.4 Å². The lowest BCUT2D eigenvalue weighted by Gasteiger charge is -2.33. The summed E-state index contributed by atoms with van der Waals surface area (Å²) in [5.74, 6) is 0.464. The predicted molar refractivity (Wildman–Crippen MR) is 208 cm³/mol. The van der Waals surface area contributed by atoms with E-state index in [0.29, 0.717) is 11.4 Å². The Labute approximate surface area is 309 Å². The van der Waals surface area contributed by atoms with E-state index in [4.69, 9.17) is 13.1 Å². The first kappa shape index (κ1) is 31.5. The second-order valence-corrected chi connectivity index (χ2v) is 12.4. The standard InChI is InChI=1S/C44H22N10/c1-47-39-40(48-2)52-44-43(51-39)53(35-19-15-29(16-20-35)33-13-11-27-7-3-5-9-31(27)23-33)41-42(50-38(26-46)37(25-45)49-41)54(44)36-21-17-30(18-22-36)34-14-12-28-8-4-6-10-32(28)24-34/h3-24H. The first-order valence-corrected chi connectivity index (χ1v) is 16.7. The molecular weight excluding hydrogens is 669 g/mol. The third-order valence-corrected chi connectivity index (χ3v) is 9.37. The van der Waals surface area contributed by atoms with Gasteiger partial charge in [0.15, 0.2) is 23.0 Å². The zero-order chi connectivity index (χ0) is 36.8. The number of rotatable bonds is 4.